The van der Waals surface area contributed by atoms with Crippen molar-refractivity contribution >= 4 is 11.9 Å². The average Bonchev–Trinajstić information content (AvgIpc) is 2.28. The second-order valence-corrected chi connectivity index (χ2v) is 2.56. The summed E-state index contributed by atoms with van der Waals surface area (Å²) in [5.41, 5.74) is 5.45. The lowest BCUT2D eigenvalue weighted by Gasteiger charge is -2.06. The molecule has 0 saturated heterocycles. The van der Waals surface area contributed by atoms with E-state index in [0.29, 0.717) is 11.8 Å². The molecule has 8 heteroatoms. The molecule has 3 N–H and O–H groups in total. The number of ether oxygens (including phenoxy) is 2. The van der Waals surface area contributed by atoms with Gasteiger partial charge in [-0.1, -0.05) is 0 Å². The number of hydrogen-bond donors (Lipinski definition) is 2. The summed E-state index contributed by atoms with van der Waals surface area (Å²) in [6.07, 6.45) is 0. The van der Waals surface area contributed by atoms with Crippen LogP contribution in [0.1, 0.15) is 0 Å². The first-order chi connectivity index (χ1) is 7.69. The second kappa shape index (κ2) is 5.59. The number of methoxy groups -OCH3 is 2. The maximum atomic E-state index is 5.45. The van der Waals surface area contributed by atoms with Gasteiger partial charge in [0, 0.05) is 0 Å². The van der Waals surface area contributed by atoms with Gasteiger partial charge in [0.1, 0.15) is 7.11 Å². The molecule has 1 aromatic heterocycles. The average molecular weight is 227 g/mol. The van der Waals surface area contributed by atoms with Crippen molar-refractivity contribution < 1.29 is 14.3 Å². The van der Waals surface area contributed by atoms with Crippen molar-refractivity contribution in [2.45, 2.75) is 0 Å². The van der Waals surface area contributed by atoms with Crippen LogP contribution in [0.4, 0.5) is 5.95 Å². The lowest BCUT2D eigenvalue weighted by Crippen LogP contribution is -2.24. The van der Waals surface area contributed by atoms with Gasteiger partial charge in [-0.25, -0.2) is 0 Å². The van der Waals surface area contributed by atoms with Gasteiger partial charge in [0.25, 0.3) is 0 Å². The van der Waals surface area contributed by atoms with Crippen LogP contribution < -0.4 is 20.5 Å². The molecule has 0 fully saturated rings. The van der Waals surface area contributed by atoms with Gasteiger partial charge >= 0.3 is 0 Å². The molecule has 16 heavy (non-hydrogen) atoms. The zero-order chi connectivity index (χ0) is 12.0. The number of aromatic nitrogens is 2. The summed E-state index contributed by atoms with van der Waals surface area (Å²) in [5.74, 6) is 0.923. The summed E-state index contributed by atoms with van der Waals surface area (Å²) < 4.78 is 9.91. The molecule has 1 heterocycles. The molecular formula is C8H13N5O3. The first-order valence-corrected chi connectivity index (χ1v) is 4.30. The van der Waals surface area contributed by atoms with Gasteiger partial charge in [-0.15, -0.1) is 0 Å². The number of nitrogens with two attached hydrogens (primary N) is 1. The van der Waals surface area contributed by atoms with Crippen LogP contribution in [0.25, 0.3) is 0 Å². The van der Waals surface area contributed by atoms with Crippen molar-refractivity contribution in [3.63, 3.8) is 0 Å². The highest BCUT2D eigenvalue weighted by Gasteiger charge is 2.06. The Balaban J connectivity index is 2.90. The molecule has 0 bridgehead atoms. The summed E-state index contributed by atoms with van der Waals surface area (Å²) in [6, 6.07) is 1.54. The highest BCUT2D eigenvalue weighted by atomic mass is 16.6. The quantitative estimate of drug-likeness (QED) is 0.416. The topological polar surface area (TPSA) is 104 Å². The molecule has 0 unspecified atom stereocenters. The van der Waals surface area contributed by atoms with E-state index in [0.717, 1.165) is 0 Å². The summed E-state index contributed by atoms with van der Waals surface area (Å²) in [6.45, 7) is 0. The Morgan fingerprint density at radius 1 is 1.25 bits per heavy atom. The minimum Gasteiger partial charge on any atom is -0.481 e. The Morgan fingerprint density at radius 2 is 1.81 bits per heavy atom. The highest BCUT2D eigenvalue weighted by molar-refractivity contribution is 5.90. The normalized spacial score (nSPS) is 10.8. The Kier molecular flexibility index (Phi) is 4.13. The van der Waals surface area contributed by atoms with E-state index >= 15 is 0 Å². The van der Waals surface area contributed by atoms with Gasteiger partial charge in [-0.05, 0) is 5.16 Å². The first-order valence-electron chi connectivity index (χ1n) is 4.30. The molecule has 0 amide bonds. The lowest BCUT2D eigenvalue weighted by atomic mass is 10.6. The minimum atomic E-state index is 0.0257. The lowest BCUT2D eigenvalue weighted by molar-refractivity contribution is 0.213. The van der Waals surface area contributed by atoms with Crippen molar-refractivity contribution in [3.05, 3.63) is 6.07 Å². The number of guanidine groups is 1. The molecule has 88 valence electrons. The highest BCUT2D eigenvalue weighted by Crippen LogP contribution is 2.16. The van der Waals surface area contributed by atoms with Crippen LogP contribution in [-0.4, -0.2) is 37.3 Å². The molecule has 8 nitrogen and oxygen atoms in total. The van der Waals surface area contributed by atoms with Crippen LogP contribution in [-0.2, 0) is 4.84 Å². The number of nitrogens with zero attached hydrogens (tertiary/aromatic N) is 3. The predicted molar refractivity (Wildman–Crippen MR) is 57.4 cm³/mol. The fourth-order valence-corrected chi connectivity index (χ4v) is 0.905. The zero-order valence-corrected chi connectivity index (χ0v) is 9.22. The summed E-state index contributed by atoms with van der Waals surface area (Å²) in [5, 5.41) is 6.07. The summed E-state index contributed by atoms with van der Waals surface area (Å²) in [4.78, 5) is 12.4. The Labute approximate surface area is 92.4 Å². The molecule has 0 radical (unpaired) electrons. The predicted octanol–water partition coefficient (Wildman–Crippen LogP) is -0.218. The van der Waals surface area contributed by atoms with Gasteiger partial charge < -0.3 is 20.0 Å². The standard InChI is InChI=1S/C8H13N5O3/c1-14-5-4-6(15-2)11-8(10-5)12-7(9)13-16-3/h4H,1-3H3,(H3,9,10,11,12,13). The van der Waals surface area contributed by atoms with E-state index in [4.69, 9.17) is 15.2 Å². The number of anilines is 1. The second-order valence-electron chi connectivity index (χ2n) is 2.56. The third kappa shape index (κ3) is 3.15. The van der Waals surface area contributed by atoms with Crippen LogP contribution in [0.5, 0.6) is 11.8 Å². The molecule has 0 aliphatic heterocycles. The van der Waals surface area contributed by atoms with E-state index < -0.39 is 0 Å². The van der Waals surface area contributed by atoms with Gasteiger partial charge in [0.15, 0.2) is 0 Å². The molecule has 1 rings (SSSR count). The van der Waals surface area contributed by atoms with Crippen molar-refractivity contribution in [1.29, 1.82) is 0 Å². The van der Waals surface area contributed by atoms with Crippen molar-refractivity contribution in [1.82, 2.24) is 9.97 Å². The van der Waals surface area contributed by atoms with Gasteiger partial charge in [-0.2, -0.15) is 9.97 Å². The van der Waals surface area contributed by atoms with Gasteiger partial charge in [-0.3, -0.25) is 5.32 Å². The molecule has 0 saturated carbocycles. The minimum absolute atomic E-state index is 0.0257. The molecule has 0 atom stereocenters. The van der Waals surface area contributed by atoms with E-state index in [1.807, 2.05) is 0 Å². The largest absolute Gasteiger partial charge is 0.481 e. The molecule has 0 aliphatic carbocycles. The number of rotatable bonds is 4. The maximum absolute atomic E-state index is 5.45. The summed E-state index contributed by atoms with van der Waals surface area (Å²) >= 11 is 0. The molecule has 0 aliphatic rings. The maximum Gasteiger partial charge on any atom is 0.237 e. The Morgan fingerprint density at radius 3 is 2.25 bits per heavy atom. The van der Waals surface area contributed by atoms with E-state index in [-0.39, 0.29) is 11.9 Å². The van der Waals surface area contributed by atoms with Gasteiger partial charge in [0.05, 0.1) is 20.3 Å². The molecular weight excluding hydrogens is 214 g/mol. The fraction of sp³-hybridized carbons (Fsp3) is 0.375. The number of nitrogens with one attached hydrogen (secondary N) is 1. The zero-order valence-electron chi connectivity index (χ0n) is 9.22. The molecule has 0 spiro atoms. The third-order valence-electron chi connectivity index (χ3n) is 1.53. The van der Waals surface area contributed by atoms with E-state index in [9.17, 15) is 0 Å². The number of hydrogen-bond acceptors (Lipinski definition) is 6. The Hall–Kier alpha value is -2.25. The fourth-order valence-electron chi connectivity index (χ4n) is 0.905. The van der Waals surface area contributed by atoms with Crippen molar-refractivity contribution in [3.8, 4) is 11.8 Å². The van der Waals surface area contributed by atoms with E-state index in [1.54, 1.807) is 0 Å². The van der Waals surface area contributed by atoms with E-state index in [1.165, 1.54) is 27.4 Å². The van der Waals surface area contributed by atoms with Crippen LogP contribution in [0.2, 0.25) is 0 Å². The van der Waals surface area contributed by atoms with Gasteiger partial charge in [0.2, 0.25) is 23.7 Å². The third-order valence-corrected chi connectivity index (χ3v) is 1.53. The SMILES string of the molecule is CO/N=C(\N)Nc1nc(OC)cc(OC)n1. The Bertz CT molecular complexity index is 360. The number of oxime groups is 1. The van der Waals surface area contributed by atoms with Crippen LogP contribution in [0.15, 0.2) is 11.2 Å². The monoisotopic (exact) mass is 227 g/mol. The first kappa shape index (κ1) is 11.8. The van der Waals surface area contributed by atoms with Crippen LogP contribution in [0.3, 0.4) is 0 Å². The smallest absolute Gasteiger partial charge is 0.237 e. The van der Waals surface area contributed by atoms with Crippen LogP contribution >= 0.6 is 0 Å². The van der Waals surface area contributed by atoms with Crippen molar-refractivity contribution in [2.24, 2.45) is 10.9 Å². The van der Waals surface area contributed by atoms with Crippen molar-refractivity contribution in [2.75, 3.05) is 26.6 Å². The molecule has 0 aromatic carbocycles. The molecule has 1 aromatic rings. The van der Waals surface area contributed by atoms with E-state index in [2.05, 4.69) is 25.3 Å². The summed E-state index contributed by atoms with van der Waals surface area (Å²) in [7, 11) is 4.35. The van der Waals surface area contributed by atoms with Crippen LogP contribution in [0, 0.1) is 0 Å².